The summed E-state index contributed by atoms with van der Waals surface area (Å²) in [4.78, 5) is 13.9. The van der Waals surface area contributed by atoms with E-state index in [-0.39, 0.29) is 11.7 Å². The average Bonchev–Trinajstić information content (AvgIpc) is 3.46. The summed E-state index contributed by atoms with van der Waals surface area (Å²) in [5, 5.41) is 12.0. The summed E-state index contributed by atoms with van der Waals surface area (Å²) in [5.41, 5.74) is 3.19. The predicted molar refractivity (Wildman–Crippen MR) is 126 cm³/mol. The van der Waals surface area contributed by atoms with Crippen molar-refractivity contribution in [1.29, 1.82) is 0 Å². The van der Waals surface area contributed by atoms with E-state index in [2.05, 4.69) is 15.5 Å². The molecule has 5 aromatic rings. The molecule has 8 heteroatoms. The van der Waals surface area contributed by atoms with Crippen LogP contribution in [0.4, 0.5) is 10.1 Å². The largest absolute Gasteiger partial charge is 0.457 e. The van der Waals surface area contributed by atoms with Crippen molar-refractivity contribution in [2.45, 2.75) is 0 Å². The Labute approximate surface area is 192 Å². The summed E-state index contributed by atoms with van der Waals surface area (Å²) in [7, 11) is 0. The smallest absolute Gasteiger partial charge is 0.248 e. The van der Waals surface area contributed by atoms with Gasteiger partial charge < -0.3 is 9.73 Å². The molecule has 6 nitrogen and oxygen atoms in total. The van der Waals surface area contributed by atoms with Crippen LogP contribution in [0.15, 0.2) is 89.4 Å². The summed E-state index contributed by atoms with van der Waals surface area (Å²) in [6.45, 7) is 0. The third-order valence-corrected chi connectivity index (χ3v) is 5.18. The van der Waals surface area contributed by atoms with Crippen molar-refractivity contribution in [2.24, 2.45) is 0 Å². The van der Waals surface area contributed by atoms with Crippen LogP contribution in [-0.4, -0.2) is 20.9 Å². The van der Waals surface area contributed by atoms with Gasteiger partial charge in [-0.3, -0.25) is 4.79 Å². The number of fused-ring (bicyclic) bond motifs is 1. The summed E-state index contributed by atoms with van der Waals surface area (Å²) in [6.07, 6.45) is 2.88. The van der Waals surface area contributed by atoms with Crippen LogP contribution in [0.2, 0.25) is 5.02 Å². The fourth-order valence-corrected chi connectivity index (χ4v) is 3.46. The number of aromatic nitrogens is 3. The number of nitrogens with one attached hydrogen (secondary N) is 1. The minimum Gasteiger partial charge on any atom is -0.457 e. The molecule has 1 amide bonds. The lowest BCUT2D eigenvalue weighted by atomic mass is 10.2. The van der Waals surface area contributed by atoms with Gasteiger partial charge in [-0.15, -0.1) is 10.2 Å². The number of halogens is 2. The summed E-state index contributed by atoms with van der Waals surface area (Å²) >= 11 is 6.34. The van der Waals surface area contributed by atoms with E-state index < -0.39 is 0 Å². The fourth-order valence-electron chi connectivity index (χ4n) is 3.25. The number of furan rings is 1. The van der Waals surface area contributed by atoms with Crippen molar-refractivity contribution in [2.75, 3.05) is 5.32 Å². The molecule has 2 heterocycles. The molecule has 0 aliphatic carbocycles. The van der Waals surface area contributed by atoms with E-state index in [1.54, 1.807) is 42.5 Å². The lowest BCUT2D eigenvalue weighted by Crippen LogP contribution is -2.08. The van der Waals surface area contributed by atoms with E-state index in [1.807, 2.05) is 30.3 Å². The van der Waals surface area contributed by atoms with Crippen molar-refractivity contribution in [3.8, 4) is 17.0 Å². The number of nitrogens with zero attached hydrogens (tertiary/aromatic N) is 3. The number of anilines is 1. The van der Waals surface area contributed by atoms with Gasteiger partial charge >= 0.3 is 0 Å². The van der Waals surface area contributed by atoms with Gasteiger partial charge in [-0.05, 0) is 66.7 Å². The molecule has 0 aliphatic rings. The molecule has 2 aromatic heterocycles. The van der Waals surface area contributed by atoms with E-state index in [0.717, 1.165) is 11.3 Å². The molecule has 162 valence electrons. The van der Waals surface area contributed by atoms with Crippen LogP contribution in [0, 0.1) is 5.82 Å². The lowest BCUT2D eigenvalue weighted by molar-refractivity contribution is -0.111. The van der Waals surface area contributed by atoms with Crippen molar-refractivity contribution in [1.82, 2.24) is 15.0 Å². The Morgan fingerprint density at radius 1 is 0.970 bits per heavy atom. The van der Waals surface area contributed by atoms with E-state index in [9.17, 15) is 9.18 Å². The van der Waals surface area contributed by atoms with Gasteiger partial charge in [0.25, 0.3) is 0 Å². The minimum atomic E-state index is -0.383. The molecule has 0 saturated carbocycles. The quantitative estimate of drug-likeness (QED) is 0.322. The second kappa shape index (κ2) is 8.72. The molecular weight excluding hydrogens is 443 g/mol. The lowest BCUT2D eigenvalue weighted by Gasteiger charge is -2.04. The van der Waals surface area contributed by atoms with Gasteiger partial charge in [-0.25, -0.2) is 4.39 Å². The third kappa shape index (κ3) is 4.53. The number of hydrogen-bond acceptors (Lipinski definition) is 4. The Balaban J connectivity index is 1.31. The summed E-state index contributed by atoms with van der Waals surface area (Å²) in [5.74, 6) is 0.356. The Morgan fingerprint density at radius 2 is 1.70 bits per heavy atom. The zero-order chi connectivity index (χ0) is 22.8. The highest BCUT2D eigenvalue weighted by atomic mass is 35.5. The second-order valence-corrected chi connectivity index (χ2v) is 7.58. The number of rotatable bonds is 5. The molecular formula is C25H16ClFN4O2. The normalized spacial score (nSPS) is 11.3. The van der Waals surface area contributed by atoms with E-state index in [1.165, 1.54) is 23.0 Å². The molecule has 1 N–H and O–H groups in total. The predicted octanol–water partition coefficient (Wildman–Crippen LogP) is 6.12. The molecule has 5 rings (SSSR count). The zero-order valence-electron chi connectivity index (χ0n) is 17.1. The monoisotopic (exact) mass is 458 g/mol. The highest BCUT2D eigenvalue weighted by Gasteiger charge is 2.11. The van der Waals surface area contributed by atoms with Crippen molar-refractivity contribution >= 4 is 40.3 Å². The first-order valence-electron chi connectivity index (χ1n) is 10.0. The maximum Gasteiger partial charge on any atom is 0.248 e. The molecule has 0 bridgehead atoms. The van der Waals surface area contributed by atoms with E-state index in [0.29, 0.717) is 33.3 Å². The SMILES string of the molecule is O=C(/C=C/c1ccc(-c2ccc(F)cc2)o1)Nc1cc2nn(-c3ccccc3)nc2cc1Cl. The number of carbonyl (C=O) groups excluding carboxylic acids is 1. The van der Waals surface area contributed by atoms with E-state index >= 15 is 0 Å². The van der Waals surface area contributed by atoms with Gasteiger partial charge in [0, 0.05) is 11.6 Å². The van der Waals surface area contributed by atoms with Crippen LogP contribution in [-0.2, 0) is 4.79 Å². The van der Waals surface area contributed by atoms with Crippen LogP contribution < -0.4 is 5.32 Å². The molecule has 0 fully saturated rings. The second-order valence-electron chi connectivity index (χ2n) is 7.18. The third-order valence-electron chi connectivity index (χ3n) is 4.87. The number of amides is 1. The average molecular weight is 459 g/mol. The summed E-state index contributed by atoms with van der Waals surface area (Å²) < 4.78 is 18.8. The van der Waals surface area contributed by atoms with Crippen molar-refractivity contribution in [3.05, 3.63) is 102 Å². The van der Waals surface area contributed by atoms with Gasteiger partial charge in [0.05, 0.1) is 16.4 Å². The Morgan fingerprint density at radius 3 is 2.45 bits per heavy atom. The first-order valence-corrected chi connectivity index (χ1v) is 10.4. The Kier molecular flexibility index (Phi) is 5.46. The van der Waals surface area contributed by atoms with Gasteiger partial charge in [-0.1, -0.05) is 29.8 Å². The maximum absolute atomic E-state index is 13.1. The zero-order valence-corrected chi connectivity index (χ0v) is 17.8. The van der Waals surface area contributed by atoms with Crippen LogP contribution >= 0.6 is 11.6 Å². The first kappa shape index (κ1) is 20.7. The van der Waals surface area contributed by atoms with Crippen LogP contribution in [0.3, 0.4) is 0 Å². The van der Waals surface area contributed by atoms with Gasteiger partial charge in [0.2, 0.25) is 5.91 Å². The fraction of sp³-hybridized carbons (Fsp3) is 0. The molecule has 0 radical (unpaired) electrons. The molecule has 3 aromatic carbocycles. The first-order chi connectivity index (χ1) is 16.0. The van der Waals surface area contributed by atoms with Crippen molar-refractivity contribution < 1.29 is 13.6 Å². The number of hydrogen-bond donors (Lipinski definition) is 1. The number of para-hydroxylation sites is 1. The molecule has 0 spiro atoms. The van der Waals surface area contributed by atoms with Gasteiger partial charge in [-0.2, -0.15) is 4.80 Å². The molecule has 0 atom stereocenters. The Hall–Kier alpha value is -4.23. The van der Waals surface area contributed by atoms with Crippen LogP contribution in [0.25, 0.3) is 34.1 Å². The van der Waals surface area contributed by atoms with E-state index in [4.69, 9.17) is 16.0 Å². The maximum atomic E-state index is 13.1. The van der Waals surface area contributed by atoms with Crippen LogP contribution in [0.1, 0.15) is 5.76 Å². The summed E-state index contributed by atoms with van der Waals surface area (Å²) in [6, 6.07) is 22.3. The molecule has 0 saturated heterocycles. The standard InChI is InChI=1S/C25H16ClFN4O2/c26-20-14-22-23(30-31(29-22)18-4-2-1-3-5-18)15-21(20)28-25(32)13-11-19-10-12-24(33-19)16-6-8-17(27)9-7-16/h1-15H,(H,28,32)/b13-11+. The molecule has 0 unspecified atom stereocenters. The highest BCUT2D eigenvalue weighted by Crippen LogP contribution is 2.27. The highest BCUT2D eigenvalue weighted by molar-refractivity contribution is 6.34. The van der Waals surface area contributed by atoms with Gasteiger partial charge in [0.1, 0.15) is 28.4 Å². The van der Waals surface area contributed by atoms with Crippen molar-refractivity contribution in [3.63, 3.8) is 0 Å². The molecule has 0 aliphatic heterocycles. The van der Waals surface area contributed by atoms with Gasteiger partial charge in [0.15, 0.2) is 0 Å². The number of benzene rings is 3. The Bertz CT molecular complexity index is 1470. The molecule has 33 heavy (non-hydrogen) atoms. The minimum absolute atomic E-state index is 0.318. The van der Waals surface area contributed by atoms with Crippen LogP contribution in [0.5, 0.6) is 0 Å². The topological polar surface area (TPSA) is 73.0 Å². The number of carbonyl (C=O) groups is 1.